The number of nitrogens with two attached hydrogens (primary N) is 1. The summed E-state index contributed by atoms with van der Waals surface area (Å²) in [5.74, 6) is 0.0442. The number of rotatable bonds is 8. The van der Waals surface area contributed by atoms with Crippen molar-refractivity contribution in [2.45, 2.75) is 24.0 Å². The lowest BCUT2D eigenvalue weighted by Crippen LogP contribution is -2.25. The molecule has 28 heavy (non-hydrogen) atoms. The maximum Gasteiger partial charge on any atom is 0.294 e. The van der Waals surface area contributed by atoms with E-state index in [0.29, 0.717) is 11.3 Å². The molecule has 0 saturated heterocycles. The van der Waals surface area contributed by atoms with E-state index in [1.807, 2.05) is 0 Å². The van der Waals surface area contributed by atoms with Crippen molar-refractivity contribution in [2.75, 3.05) is 6.61 Å². The highest BCUT2D eigenvalue weighted by atomic mass is 32.2. The van der Waals surface area contributed by atoms with Gasteiger partial charge in [0.2, 0.25) is 10.9 Å². The molecule has 1 saturated carbocycles. The third kappa shape index (κ3) is 3.89. The average molecular weight is 404 g/mol. The van der Waals surface area contributed by atoms with Gasteiger partial charge in [-0.1, -0.05) is 17.3 Å². The van der Waals surface area contributed by atoms with Crippen molar-refractivity contribution in [3.63, 3.8) is 0 Å². The van der Waals surface area contributed by atoms with E-state index in [-0.39, 0.29) is 35.2 Å². The molecule has 3 aromatic rings. The number of amides is 1. The molecular weight excluding hydrogens is 388 g/mol. The van der Waals surface area contributed by atoms with Gasteiger partial charge in [0, 0.05) is 6.04 Å². The summed E-state index contributed by atoms with van der Waals surface area (Å²) in [7, 11) is -3.72. The van der Waals surface area contributed by atoms with E-state index in [1.54, 1.807) is 24.3 Å². The monoisotopic (exact) mass is 404 g/mol. The zero-order chi connectivity index (χ0) is 19.7. The number of furan rings is 1. The molecular formula is C17H16N4O6S. The van der Waals surface area contributed by atoms with Crippen LogP contribution in [0, 0.1) is 0 Å². The van der Waals surface area contributed by atoms with Gasteiger partial charge in [-0.2, -0.15) is 4.98 Å². The molecule has 3 N–H and O–H groups in total. The summed E-state index contributed by atoms with van der Waals surface area (Å²) in [5.41, 5.74) is 5.58. The molecule has 1 fully saturated rings. The van der Waals surface area contributed by atoms with Crippen LogP contribution in [0.4, 0.5) is 0 Å². The number of primary amides is 1. The number of ether oxygens (including phenoxy) is 1. The maximum absolute atomic E-state index is 12.2. The number of hydrogen-bond acceptors (Lipinski definition) is 8. The second kappa shape index (κ2) is 7.09. The van der Waals surface area contributed by atoms with Gasteiger partial charge in [-0.25, -0.2) is 13.1 Å². The average Bonchev–Trinajstić information content (AvgIpc) is 3.14. The highest BCUT2D eigenvalue weighted by Crippen LogP contribution is 2.31. The van der Waals surface area contributed by atoms with Crippen molar-refractivity contribution in [3.05, 3.63) is 36.4 Å². The molecule has 1 aliphatic carbocycles. The van der Waals surface area contributed by atoms with Crippen LogP contribution in [0.5, 0.6) is 5.75 Å². The first kappa shape index (κ1) is 18.2. The molecule has 1 aliphatic rings. The molecule has 0 radical (unpaired) electrons. The standard InChI is InChI=1S/C17H16N4O6S/c18-14(22)9-25-12-4-2-1-3-11(12)16-19-17(27-20-16)13-7-8-15(26-13)28(23,24)21-10-5-6-10/h1-4,7-8,10,21H,5-6,9H2,(H2,18,22). The van der Waals surface area contributed by atoms with Gasteiger partial charge < -0.3 is 19.4 Å². The van der Waals surface area contributed by atoms with E-state index >= 15 is 0 Å². The molecule has 0 spiro atoms. The van der Waals surface area contributed by atoms with E-state index in [9.17, 15) is 13.2 Å². The molecule has 11 heteroatoms. The summed E-state index contributed by atoms with van der Waals surface area (Å²) in [6, 6.07) is 9.51. The molecule has 146 valence electrons. The Morgan fingerprint density at radius 2 is 2.04 bits per heavy atom. The third-order valence-corrected chi connectivity index (χ3v) is 5.27. The van der Waals surface area contributed by atoms with Crippen molar-refractivity contribution >= 4 is 15.9 Å². The SMILES string of the molecule is NC(=O)COc1ccccc1-c1noc(-c2ccc(S(=O)(=O)NC3CC3)o2)n1. The van der Waals surface area contributed by atoms with Crippen LogP contribution in [-0.2, 0) is 14.8 Å². The Morgan fingerprint density at radius 3 is 2.79 bits per heavy atom. The van der Waals surface area contributed by atoms with Crippen molar-refractivity contribution in [1.82, 2.24) is 14.9 Å². The summed E-state index contributed by atoms with van der Waals surface area (Å²) in [5, 5.41) is 3.65. The Kier molecular flexibility index (Phi) is 4.61. The highest BCUT2D eigenvalue weighted by molar-refractivity contribution is 7.89. The number of nitrogens with zero attached hydrogens (tertiary/aromatic N) is 2. The maximum atomic E-state index is 12.2. The Hall–Kier alpha value is -3.18. The van der Waals surface area contributed by atoms with E-state index in [2.05, 4.69) is 14.9 Å². The van der Waals surface area contributed by atoms with E-state index < -0.39 is 15.9 Å². The van der Waals surface area contributed by atoms with Crippen LogP contribution in [0.1, 0.15) is 12.8 Å². The summed E-state index contributed by atoms with van der Waals surface area (Å²) in [4.78, 5) is 15.2. The first-order chi connectivity index (χ1) is 13.4. The summed E-state index contributed by atoms with van der Waals surface area (Å²) >= 11 is 0. The van der Waals surface area contributed by atoms with Crippen LogP contribution in [-0.4, -0.2) is 37.1 Å². The van der Waals surface area contributed by atoms with Crippen LogP contribution in [0.3, 0.4) is 0 Å². The second-order valence-corrected chi connectivity index (χ2v) is 7.83. The predicted octanol–water partition coefficient (Wildman–Crippen LogP) is 1.30. The van der Waals surface area contributed by atoms with Crippen LogP contribution in [0.25, 0.3) is 23.0 Å². The Labute approximate surface area is 159 Å². The molecule has 2 heterocycles. The van der Waals surface area contributed by atoms with E-state index in [0.717, 1.165) is 12.8 Å². The van der Waals surface area contributed by atoms with Gasteiger partial charge in [-0.15, -0.1) is 0 Å². The van der Waals surface area contributed by atoms with E-state index in [1.165, 1.54) is 12.1 Å². The largest absolute Gasteiger partial charge is 0.483 e. The number of sulfonamides is 1. The Morgan fingerprint density at radius 1 is 1.25 bits per heavy atom. The fourth-order valence-corrected chi connectivity index (χ4v) is 3.65. The first-order valence-corrected chi connectivity index (χ1v) is 9.87. The summed E-state index contributed by atoms with van der Waals surface area (Å²) in [6.07, 6.45) is 1.63. The van der Waals surface area contributed by atoms with Crippen molar-refractivity contribution < 1.29 is 26.9 Å². The van der Waals surface area contributed by atoms with Crippen LogP contribution >= 0.6 is 0 Å². The molecule has 1 amide bonds. The Bertz CT molecular complexity index is 1120. The number of benzene rings is 1. The van der Waals surface area contributed by atoms with Crippen LogP contribution in [0.15, 0.2) is 50.4 Å². The van der Waals surface area contributed by atoms with Crippen LogP contribution < -0.4 is 15.2 Å². The number of para-hydroxylation sites is 1. The number of nitrogens with one attached hydrogen (secondary N) is 1. The minimum absolute atomic E-state index is 0.00702. The number of hydrogen-bond donors (Lipinski definition) is 2. The van der Waals surface area contributed by atoms with Crippen LogP contribution in [0.2, 0.25) is 0 Å². The summed E-state index contributed by atoms with van der Waals surface area (Å²) in [6.45, 7) is -0.297. The van der Waals surface area contributed by atoms with Crippen molar-refractivity contribution in [2.24, 2.45) is 5.73 Å². The molecule has 1 aromatic carbocycles. The zero-order valence-corrected chi connectivity index (χ0v) is 15.3. The summed E-state index contributed by atoms with van der Waals surface area (Å²) < 4.78 is 42.9. The zero-order valence-electron chi connectivity index (χ0n) is 14.5. The molecule has 4 rings (SSSR count). The second-order valence-electron chi connectivity index (χ2n) is 6.19. The lowest BCUT2D eigenvalue weighted by molar-refractivity contribution is -0.119. The molecule has 0 bridgehead atoms. The normalized spacial score (nSPS) is 14.1. The Balaban J connectivity index is 1.58. The van der Waals surface area contributed by atoms with Gasteiger partial charge in [0.25, 0.3) is 21.8 Å². The third-order valence-electron chi connectivity index (χ3n) is 3.88. The predicted molar refractivity (Wildman–Crippen MR) is 95.5 cm³/mol. The lowest BCUT2D eigenvalue weighted by Gasteiger charge is -2.06. The van der Waals surface area contributed by atoms with Crippen molar-refractivity contribution in [3.8, 4) is 28.8 Å². The number of carbonyl (C=O) groups excluding carboxylic acids is 1. The lowest BCUT2D eigenvalue weighted by atomic mass is 10.2. The number of aromatic nitrogens is 2. The van der Waals surface area contributed by atoms with Gasteiger partial charge in [-0.3, -0.25) is 4.79 Å². The van der Waals surface area contributed by atoms with E-state index in [4.69, 9.17) is 19.4 Å². The molecule has 0 unspecified atom stereocenters. The van der Waals surface area contributed by atoms with Gasteiger partial charge in [0.05, 0.1) is 5.56 Å². The van der Waals surface area contributed by atoms with Gasteiger partial charge in [0.15, 0.2) is 12.4 Å². The molecule has 0 aliphatic heterocycles. The minimum atomic E-state index is -3.72. The molecule has 2 aromatic heterocycles. The fourth-order valence-electron chi connectivity index (χ4n) is 2.42. The van der Waals surface area contributed by atoms with Gasteiger partial charge in [-0.05, 0) is 37.1 Å². The topological polar surface area (TPSA) is 151 Å². The first-order valence-electron chi connectivity index (χ1n) is 8.39. The quantitative estimate of drug-likeness (QED) is 0.570. The molecule has 10 nitrogen and oxygen atoms in total. The molecule has 0 atom stereocenters. The van der Waals surface area contributed by atoms with Crippen molar-refractivity contribution in [1.29, 1.82) is 0 Å². The number of carbonyl (C=O) groups is 1. The fraction of sp³-hybridized carbons (Fsp3) is 0.235. The minimum Gasteiger partial charge on any atom is -0.483 e. The van der Waals surface area contributed by atoms with Gasteiger partial charge in [0.1, 0.15) is 5.75 Å². The highest BCUT2D eigenvalue weighted by Gasteiger charge is 2.30. The van der Waals surface area contributed by atoms with Gasteiger partial charge >= 0.3 is 0 Å². The smallest absolute Gasteiger partial charge is 0.294 e.